The largest absolute Gasteiger partial charge is 0.484 e. The topological polar surface area (TPSA) is 95.9 Å². The number of carbonyl (C=O) groups is 3. The third-order valence-corrected chi connectivity index (χ3v) is 4.41. The lowest BCUT2D eigenvalue weighted by molar-refractivity contribution is -0.141. The van der Waals surface area contributed by atoms with Gasteiger partial charge in [0, 0.05) is 24.3 Å². The lowest BCUT2D eigenvalue weighted by Gasteiger charge is -2.16. The molecule has 2 aromatic carbocycles. The fourth-order valence-corrected chi connectivity index (χ4v) is 2.89. The van der Waals surface area contributed by atoms with Crippen molar-refractivity contribution in [1.29, 1.82) is 0 Å². The van der Waals surface area contributed by atoms with Crippen LogP contribution in [-0.4, -0.2) is 36.0 Å². The number of carboxylic acids is 1. The maximum atomic E-state index is 12.0. The van der Waals surface area contributed by atoms with Crippen LogP contribution in [0.5, 0.6) is 5.75 Å². The first-order valence-electron chi connectivity index (χ1n) is 8.55. The molecule has 3 rings (SSSR count). The maximum Gasteiger partial charge on any atom is 0.308 e. The number of carbonyl (C=O) groups excluding carboxylic acids is 2. The molecule has 27 heavy (non-hydrogen) atoms. The van der Waals surface area contributed by atoms with Gasteiger partial charge in [-0.3, -0.25) is 14.4 Å². The Kier molecular flexibility index (Phi) is 5.40. The minimum Gasteiger partial charge on any atom is -0.484 e. The standard InChI is InChI=1S/C20H20N2O5/c1-13-4-2-3-5-17(13)21-18(23)12-27-16-8-6-15(7-9-16)22-11-14(20(25)26)10-19(22)24/h2-9,14H,10-12H2,1H3,(H,21,23)(H,25,26)/t14-/m1/s1. The molecule has 1 saturated heterocycles. The number of rotatable bonds is 6. The lowest BCUT2D eigenvalue weighted by atomic mass is 10.1. The Morgan fingerprint density at radius 1 is 1.19 bits per heavy atom. The van der Waals surface area contributed by atoms with Crippen molar-refractivity contribution >= 4 is 29.2 Å². The van der Waals surface area contributed by atoms with Gasteiger partial charge < -0.3 is 20.1 Å². The molecule has 0 unspecified atom stereocenters. The maximum absolute atomic E-state index is 12.0. The van der Waals surface area contributed by atoms with E-state index in [2.05, 4.69) is 5.32 Å². The molecule has 1 aliphatic heterocycles. The Bertz CT molecular complexity index is 863. The minimum atomic E-state index is -0.967. The number of nitrogens with zero attached hydrogens (tertiary/aromatic N) is 1. The smallest absolute Gasteiger partial charge is 0.308 e. The second kappa shape index (κ2) is 7.90. The summed E-state index contributed by atoms with van der Waals surface area (Å²) in [5.74, 6) is -1.65. The van der Waals surface area contributed by atoms with Gasteiger partial charge in [0.25, 0.3) is 5.91 Å². The highest BCUT2D eigenvalue weighted by molar-refractivity contribution is 5.99. The molecule has 7 nitrogen and oxygen atoms in total. The second-order valence-electron chi connectivity index (χ2n) is 6.39. The number of aryl methyl sites for hydroxylation is 1. The summed E-state index contributed by atoms with van der Waals surface area (Å²) in [6.45, 7) is 1.92. The molecule has 0 saturated carbocycles. The summed E-state index contributed by atoms with van der Waals surface area (Å²) in [4.78, 5) is 36.5. The van der Waals surface area contributed by atoms with Crippen molar-refractivity contribution in [1.82, 2.24) is 0 Å². The van der Waals surface area contributed by atoms with Crippen LogP contribution in [0, 0.1) is 12.8 Å². The molecular formula is C20H20N2O5. The Labute approximate surface area is 156 Å². The first-order valence-corrected chi connectivity index (χ1v) is 8.55. The molecule has 0 radical (unpaired) electrons. The van der Waals surface area contributed by atoms with E-state index in [-0.39, 0.29) is 31.4 Å². The predicted octanol–water partition coefficient (Wildman–Crippen LogP) is 2.45. The molecule has 0 aliphatic carbocycles. The average Bonchev–Trinajstić information content (AvgIpc) is 3.04. The van der Waals surface area contributed by atoms with Crippen LogP contribution in [0.2, 0.25) is 0 Å². The van der Waals surface area contributed by atoms with Crippen molar-refractivity contribution in [2.75, 3.05) is 23.4 Å². The summed E-state index contributed by atoms with van der Waals surface area (Å²) < 4.78 is 5.47. The third-order valence-electron chi connectivity index (χ3n) is 4.41. The van der Waals surface area contributed by atoms with Gasteiger partial charge in [0.15, 0.2) is 6.61 Å². The number of nitrogens with one attached hydrogen (secondary N) is 1. The molecule has 7 heteroatoms. The third kappa shape index (κ3) is 4.44. The van der Waals surface area contributed by atoms with Gasteiger partial charge in [0.05, 0.1) is 5.92 Å². The van der Waals surface area contributed by atoms with Gasteiger partial charge in [-0.1, -0.05) is 18.2 Å². The van der Waals surface area contributed by atoms with E-state index in [9.17, 15) is 14.4 Å². The van der Waals surface area contributed by atoms with Crippen LogP contribution in [0.25, 0.3) is 0 Å². The first kappa shape index (κ1) is 18.4. The van der Waals surface area contributed by atoms with Crippen molar-refractivity contribution in [2.45, 2.75) is 13.3 Å². The highest BCUT2D eigenvalue weighted by atomic mass is 16.5. The van der Waals surface area contributed by atoms with Gasteiger partial charge in [0.1, 0.15) is 5.75 Å². The molecule has 1 atom stereocenters. The van der Waals surface area contributed by atoms with Gasteiger partial charge in [0.2, 0.25) is 5.91 Å². The molecule has 140 valence electrons. The fourth-order valence-electron chi connectivity index (χ4n) is 2.89. The number of anilines is 2. The molecule has 2 N–H and O–H groups in total. The molecular weight excluding hydrogens is 348 g/mol. The van der Waals surface area contributed by atoms with E-state index in [1.807, 2.05) is 31.2 Å². The second-order valence-corrected chi connectivity index (χ2v) is 6.39. The summed E-state index contributed by atoms with van der Waals surface area (Å²) >= 11 is 0. The number of benzene rings is 2. The van der Waals surface area contributed by atoms with Crippen LogP contribution in [0.4, 0.5) is 11.4 Å². The minimum absolute atomic E-state index is 0.00661. The summed E-state index contributed by atoms with van der Waals surface area (Å²) in [7, 11) is 0. The number of hydrogen-bond donors (Lipinski definition) is 2. The van der Waals surface area contributed by atoms with E-state index in [4.69, 9.17) is 9.84 Å². The lowest BCUT2D eigenvalue weighted by Crippen LogP contribution is -2.25. The van der Waals surface area contributed by atoms with Gasteiger partial charge >= 0.3 is 5.97 Å². The zero-order valence-corrected chi connectivity index (χ0v) is 14.8. The van der Waals surface area contributed by atoms with Crippen molar-refractivity contribution in [3.05, 3.63) is 54.1 Å². The SMILES string of the molecule is Cc1ccccc1NC(=O)COc1ccc(N2C[C@H](C(=O)O)CC2=O)cc1. The number of aliphatic carboxylic acids is 1. The van der Waals surface area contributed by atoms with E-state index >= 15 is 0 Å². The normalized spacial score (nSPS) is 16.3. The first-order chi connectivity index (χ1) is 12.9. The van der Waals surface area contributed by atoms with Crippen molar-refractivity contribution in [2.24, 2.45) is 5.92 Å². The zero-order chi connectivity index (χ0) is 19.4. The quantitative estimate of drug-likeness (QED) is 0.816. The van der Waals surface area contributed by atoms with E-state index in [0.717, 1.165) is 11.3 Å². The highest BCUT2D eigenvalue weighted by Crippen LogP contribution is 2.27. The van der Waals surface area contributed by atoms with E-state index in [1.54, 1.807) is 24.3 Å². The van der Waals surface area contributed by atoms with Gasteiger partial charge in [-0.2, -0.15) is 0 Å². The van der Waals surface area contributed by atoms with Crippen LogP contribution in [0.15, 0.2) is 48.5 Å². The van der Waals surface area contributed by atoms with Crippen LogP contribution in [0.1, 0.15) is 12.0 Å². The van der Waals surface area contributed by atoms with Gasteiger partial charge in [-0.25, -0.2) is 0 Å². The highest BCUT2D eigenvalue weighted by Gasteiger charge is 2.34. The molecule has 1 fully saturated rings. The Morgan fingerprint density at radius 2 is 1.89 bits per heavy atom. The number of amides is 2. The summed E-state index contributed by atoms with van der Waals surface area (Å²) in [6.07, 6.45) is 0.00661. The summed E-state index contributed by atoms with van der Waals surface area (Å²) in [6, 6.07) is 14.1. The summed E-state index contributed by atoms with van der Waals surface area (Å²) in [5, 5.41) is 11.8. The number of hydrogen-bond acceptors (Lipinski definition) is 4. The van der Waals surface area contributed by atoms with E-state index in [0.29, 0.717) is 11.4 Å². The van der Waals surface area contributed by atoms with E-state index < -0.39 is 11.9 Å². The van der Waals surface area contributed by atoms with Crippen molar-refractivity contribution in [3.8, 4) is 5.75 Å². The molecule has 0 bridgehead atoms. The van der Waals surface area contributed by atoms with Crippen LogP contribution in [-0.2, 0) is 14.4 Å². The zero-order valence-electron chi connectivity index (χ0n) is 14.8. The molecule has 2 aromatic rings. The van der Waals surface area contributed by atoms with Crippen LogP contribution in [0.3, 0.4) is 0 Å². The number of ether oxygens (including phenoxy) is 1. The fraction of sp³-hybridized carbons (Fsp3) is 0.250. The molecule has 0 aromatic heterocycles. The van der Waals surface area contributed by atoms with Crippen molar-refractivity contribution in [3.63, 3.8) is 0 Å². The molecule has 1 heterocycles. The van der Waals surface area contributed by atoms with Crippen LogP contribution < -0.4 is 15.0 Å². The van der Waals surface area contributed by atoms with E-state index in [1.165, 1.54) is 4.90 Å². The molecule has 2 amide bonds. The Balaban J connectivity index is 1.55. The Morgan fingerprint density at radius 3 is 2.52 bits per heavy atom. The Hall–Kier alpha value is -3.35. The molecule has 1 aliphatic rings. The van der Waals surface area contributed by atoms with Gasteiger partial charge in [-0.15, -0.1) is 0 Å². The number of para-hydroxylation sites is 1. The predicted molar refractivity (Wildman–Crippen MR) is 99.8 cm³/mol. The average molecular weight is 368 g/mol. The summed E-state index contributed by atoms with van der Waals surface area (Å²) in [5.41, 5.74) is 2.31. The number of carboxylic acid groups (broad SMARTS) is 1. The van der Waals surface area contributed by atoms with Gasteiger partial charge in [-0.05, 0) is 42.8 Å². The monoisotopic (exact) mass is 368 g/mol. The van der Waals surface area contributed by atoms with Crippen LogP contribution >= 0.6 is 0 Å². The van der Waals surface area contributed by atoms with Crippen molar-refractivity contribution < 1.29 is 24.2 Å². The molecule has 0 spiro atoms.